The minimum atomic E-state index is -0.123. The smallest absolute Gasteiger partial charge is 0.315 e. The summed E-state index contributed by atoms with van der Waals surface area (Å²) in [5.74, 6) is 0.294. The standard InChI is InChI=1S/C13H22N4O2/c1-9(4-5-18)7-14-13(19)16-11-2-3-12-10(6-11)8-15-17-12/h8-9,11,18H,2-7H2,1H3,(H,15,17)(H2,14,16,19). The van der Waals surface area contributed by atoms with Crippen molar-refractivity contribution in [2.75, 3.05) is 13.2 Å². The van der Waals surface area contributed by atoms with Gasteiger partial charge in [0.25, 0.3) is 0 Å². The first kappa shape index (κ1) is 13.9. The van der Waals surface area contributed by atoms with E-state index in [2.05, 4.69) is 20.8 Å². The van der Waals surface area contributed by atoms with Crippen molar-refractivity contribution in [1.29, 1.82) is 0 Å². The van der Waals surface area contributed by atoms with Crippen LogP contribution in [0.1, 0.15) is 31.0 Å². The number of rotatable bonds is 5. The lowest BCUT2D eigenvalue weighted by Gasteiger charge is -2.23. The molecule has 1 aromatic rings. The van der Waals surface area contributed by atoms with Crippen LogP contribution in [0.3, 0.4) is 0 Å². The van der Waals surface area contributed by atoms with Gasteiger partial charge in [-0.1, -0.05) is 6.92 Å². The molecule has 2 amide bonds. The summed E-state index contributed by atoms with van der Waals surface area (Å²) in [4.78, 5) is 11.8. The van der Waals surface area contributed by atoms with Gasteiger partial charge in [0.05, 0.1) is 6.20 Å². The summed E-state index contributed by atoms with van der Waals surface area (Å²) in [6.45, 7) is 2.77. The second-order valence-electron chi connectivity index (χ2n) is 5.29. The van der Waals surface area contributed by atoms with Crippen molar-refractivity contribution in [1.82, 2.24) is 20.8 Å². The number of carbonyl (C=O) groups is 1. The van der Waals surface area contributed by atoms with Gasteiger partial charge in [0.1, 0.15) is 0 Å². The van der Waals surface area contributed by atoms with Crippen LogP contribution in [0.15, 0.2) is 6.20 Å². The molecule has 2 atom stereocenters. The predicted octanol–water partition coefficient (Wildman–Crippen LogP) is 0.585. The second-order valence-corrected chi connectivity index (χ2v) is 5.29. The molecular formula is C13H22N4O2. The SMILES string of the molecule is CC(CCO)CNC(=O)NC1CCc2[nH]ncc2C1. The fourth-order valence-corrected chi connectivity index (χ4v) is 2.37. The molecular weight excluding hydrogens is 244 g/mol. The number of aromatic amines is 1. The van der Waals surface area contributed by atoms with Crippen molar-refractivity contribution in [3.05, 3.63) is 17.5 Å². The van der Waals surface area contributed by atoms with Gasteiger partial charge >= 0.3 is 6.03 Å². The number of aromatic nitrogens is 2. The Bertz CT molecular complexity index is 419. The molecule has 0 bridgehead atoms. The largest absolute Gasteiger partial charge is 0.396 e. The highest BCUT2D eigenvalue weighted by atomic mass is 16.3. The molecule has 1 aliphatic carbocycles. The number of hydrogen-bond acceptors (Lipinski definition) is 3. The third-order valence-electron chi connectivity index (χ3n) is 3.58. The second kappa shape index (κ2) is 6.56. The Kier molecular flexibility index (Phi) is 4.79. The van der Waals surface area contributed by atoms with Gasteiger partial charge in [0, 0.05) is 24.9 Å². The van der Waals surface area contributed by atoms with Gasteiger partial charge in [0.2, 0.25) is 0 Å². The van der Waals surface area contributed by atoms with Crippen LogP contribution in [-0.2, 0) is 12.8 Å². The predicted molar refractivity (Wildman–Crippen MR) is 71.8 cm³/mol. The fourth-order valence-electron chi connectivity index (χ4n) is 2.37. The zero-order chi connectivity index (χ0) is 13.7. The molecule has 0 saturated heterocycles. The Morgan fingerprint density at radius 2 is 2.53 bits per heavy atom. The number of nitrogens with one attached hydrogen (secondary N) is 3. The molecule has 4 N–H and O–H groups in total. The van der Waals surface area contributed by atoms with E-state index in [1.807, 2.05) is 13.1 Å². The first-order valence-electron chi connectivity index (χ1n) is 6.85. The van der Waals surface area contributed by atoms with Crippen LogP contribution in [0, 0.1) is 5.92 Å². The molecule has 19 heavy (non-hydrogen) atoms. The monoisotopic (exact) mass is 266 g/mol. The van der Waals surface area contributed by atoms with E-state index in [0.29, 0.717) is 18.9 Å². The summed E-state index contributed by atoms with van der Waals surface area (Å²) in [7, 11) is 0. The highest BCUT2D eigenvalue weighted by Crippen LogP contribution is 2.18. The Balaban J connectivity index is 1.72. The van der Waals surface area contributed by atoms with E-state index in [1.54, 1.807) is 0 Å². The fraction of sp³-hybridized carbons (Fsp3) is 0.692. The van der Waals surface area contributed by atoms with E-state index in [0.717, 1.165) is 19.3 Å². The molecule has 6 heteroatoms. The highest BCUT2D eigenvalue weighted by Gasteiger charge is 2.21. The summed E-state index contributed by atoms with van der Waals surface area (Å²) < 4.78 is 0. The van der Waals surface area contributed by atoms with Crippen LogP contribution in [0.2, 0.25) is 0 Å². The molecule has 1 aliphatic rings. The van der Waals surface area contributed by atoms with Crippen molar-refractivity contribution in [3.63, 3.8) is 0 Å². The molecule has 0 aliphatic heterocycles. The van der Waals surface area contributed by atoms with E-state index in [-0.39, 0.29) is 18.7 Å². The van der Waals surface area contributed by atoms with Gasteiger partial charge in [-0.3, -0.25) is 5.10 Å². The third kappa shape index (κ3) is 3.96. The van der Waals surface area contributed by atoms with Crippen molar-refractivity contribution >= 4 is 6.03 Å². The van der Waals surface area contributed by atoms with Gasteiger partial charge in [-0.25, -0.2) is 4.79 Å². The van der Waals surface area contributed by atoms with Crippen molar-refractivity contribution in [3.8, 4) is 0 Å². The molecule has 0 aromatic carbocycles. The maximum atomic E-state index is 11.8. The maximum Gasteiger partial charge on any atom is 0.315 e. The number of fused-ring (bicyclic) bond motifs is 1. The molecule has 0 spiro atoms. The van der Waals surface area contributed by atoms with Crippen LogP contribution >= 0.6 is 0 Å². The lowest BCUT2D eigenvalue weighted by Crippen LogP contribution is -2.45. The first-order chi connectivity index (χ1) is 9.19. The van der Waals surface area contributed by atoms with Crippen LogP contribution < -0.4 is 10.6 Å². The van der Waals surface area contributed by atoms with Crippen LogP contribution in [0.4, 0.5) is 4.79 Å². The number of amides is 2. The Labute approximate surface area is 113 Å². The number of aliphatic hydroxyl groups is 1. The highest BCUT2D eigenvalue weighted by molar-refractivity contribution is 5.74. The Hall–Kier alpha value is -1.56. The number of H-pyrrole nitrogens is 1. The van der Waals surface area contributed by atoms with Crippen LogP contribution in [-0.4, -0.2) is 40.5 Å². The maximum absolute atomic E-state index is 11.8. The number of urea groups is 1. The summed E-state index contributed by atoms with van der Waals surface area (Å²) in [5.41, 5.74) is 2.39. The number of carbonyl (C=O) groups excluding carboxylic acids is 1. The Morgan fingerprint density at radius 1 is 1.68 bits per heavy atom. The third-order valence-corrected chi connectivity index (χ3v) is 3.58. The average molecular weight is 266 g/mol. The minimum absolute atomic E-state index is 0.123. The van der Waals surface area contributed by atoms with Gasteiger partial charge < -0.3 is 15.7 Å². The zero-order valence-corrected chi connectivity index (χ0v) is 11.3. The number of hydrogen-bond donors (Lipinski definition) is 4. The lowest BCUT2D eigenvalue weighted by molar-refractivity contribution is 0.229. The topological polar surface area (TPSA) is 90.0 Å². The molecule has 0 saturated carbocycles. The molecule has 0 radical (unpaired) electrons. The molecule has 2 rings (SSSR count). The lowest BCUT2D eigenvalue weighted by atomic mass is 9.94. The normalized spacial score (nSPS) is 19.6. The first-order valence-corrected chi connectivity index (χ1v) is 6.85. The molecule has 6 nitrogen and oxygen atoms in total. The van der Waals surface area contributed by atoms with Crippen LogP contribution in [0.5, 0.6) is 0 Å². The van der Waals surface area contributed by atoms with Gasteiger partial charge in [0.15, 0.2) is 0 Å². The summed E-state index contributed by atoms with van der Waals surface area (Å²) in [5, 5.41) is 21.6. The molecule has 1 aromatic heterocycles. The summed E-state index contributed by atoms with van der Waals surface area (Å²) in [6, 6.07) is 0.0555. The van der Waals surface area contributed by atoms with Gasteiger partial charge in [-0.15, -0.1) is 0 Å². The van der Waals surface area contributed by atoms with Crippen LogP contribution in [0.25, 0.3) is 0 Å². The average Bonchev–Trinajstić information content (AvgIpc) is 2.84. The van der Waals surface area contributed by atoms with E-state index < -0.39 is 0 Å². The Morgan fingerprint density at radius 3 is 3.32 bits per heavy atom. The molecule has 0 fully saturated rings. The minimum Gasteiger partial charge on any atom is -0.396 e. The molecule has 2 unspecified atom stereocenters. The van der Waals surface area contributed by atoms with Gasteiger partial charge in [-0.05, 0) is 37.2 Å². The van der Waals surface area contributed by atoms with Crippen molar-refractivity contribution < 1.29 is 9.90 Å². The number of nitrogens with zero attached hydrogens (tertiary/aromatic N) is 1. The number of aliphatic hydroxyl groups excluding tert-OH is 1. The molecule has 106 valence electrons. The summed E-state index contributed by atoms with van der Waals surface area (Å²) in [6.07, 6.45) is 5.26. The molecule has 1 heterocycles. The van der Waals surface area contributed by atoms with E-state index in [4.69, 9.17) is 5.11 Å². The number of aryl methyl sites for hydroxylation is 1. The van der Waals surface area contributed by atoms with Crippen molar-refractivity contribution in [2.45, 2.75) is 38.6 Å². The zero-order valence-electron chi connectivity index (χ0n) is 11.3. The van der Waals surface area contributed by atoms with Gasteiger partial charge in [-0.2, -0.15) is 5.10 Å². The van der Waals surface area contributed by atoms with Crippen molar-refractivity contribution in [2.24, 2.45) is 5.92 Å². The summed E-state index contributed by atoms with van der Waals surface area (Å²) >= 11 is 0. The quantitative estimate of drug-likeness (QED) is 0.628. The van der Waals surface area contributed by atoms with E-state index >= 15 is 0 Å². The van der Waals surface area contributed by atoms with E-state index in [9.17, 15) is 4.79 Å². The van der Waals surface area contributed by atoms with E-state index in [1.165, 1.54) is 11.3 Å².